The number of ether oxygens (including phenoxy) is 1. The average molecular weight is 304 g/mol. The Hall–Kier alpha value is -2.15. The van der Waals surface area contributed by atoms with Gasteiger partial charge in [0, 0.05) is 38.6 Å². The first-order chi connectivity index (χ1) is 10.6. The summed E-state index contributed by atoms with van der Waals surface area (Å²) in [7, 11) is 1.93. The van der Waals surface area contributed by atoms with E-state index < -0.39 is 0 Å². The van der Waals surface area contributed by atoms with Gasteiger partial charge in [0.15, 0.2) is 0 Å². The fraction of sp³-hybridized carbons (Fsp3) is 0.533. The van der Waals surface area contributed by atoms with Gasteiger partial charge in [-0.2, -0.15) is 0 Å². The molecule has 0 saturated carbocycles. The highest BCUT2D eigenvalue weighted by Crippen LogP contribution is 2.18. The lowest BCUT2D eigenvalue weighted by Gasteiger charge is -2.36. The fourth-order valence-electron chi connectivity index (χ4n) is 2.90. The summed E-state index contributed by atoms with van der Waals surface area (Å²) >= 11 is 0. The molecule has 2 aliphatic heterocycles. The van der Waals surface area contributed by atoms with Crippen molar-refractivity contribution in [2.45, 2.75) is 12.6 Å². The van der Waals surface area contributed by atoms with Gasteiger partial charge in [-0.3, -0.25) is 19.6 Å². The molecule has 7 heteroatoms. The number of carbonyl (C=O) groups excluding carboxylic acids is 2. The molecule has 0 unspecified atom stereocenters. The molecule has 2 saturated heterocycles. The van der Waals surface area contributed by atoms with Gasteiger partial charge in [0.2, 0.25) is 5.91 Å². The molecule has 0 aliphatic carbocycles. The number of piperazine rings is 1. The van der Waals surface area contributed by atoms with Crippen molar-refractivity contribution in [3.05, 3.63) is 30.1 Å². The van der Waals surface area contributed by atoms with Crippen molar-refractivity contribution in [3.63, 3.8) is 0 Å². The SMILES string of the molecule is CN(CC(=O)N1CCN2C(=O)OC[C@H]2C1)Cc1ccncc1. The molecule has 1 aromatic rings. The van der Waals surface area contributed by atoms with Crippen LogP contribution >= 0.6 is 0 Å². The predicted molar refractivity (Wildman–Crippen MR) is 79.0 cm³/mol. The number of fused-ring (bicyclic) bond motifs is 1. The van der Waals surface area contributed by atoms with E-state index in [1.54, 1.807) is 17.3 Å². The summed E-state index contributed by atoms with van der Waals surface area (Å²) in [5.41, 5.74) is 1.13. The second kappa shape index (κ2) is 6.31. The number of pyridine rings is 1. The van der Waals surface area contributed by atoms with Crippen LogP contribution in [0.3, 0.4) is 0 Å². The van der Waals surface area contributed by atoms with Gasteiger partial charge >= 0.3 is 6.09 Å². The molecule has 1 atom stereocenters. The number of aromatic nitrogens is 1. The maximum atomic E-state index is 12.4. The summed E-state index contributed by atoms with van der Waals surface area (Å²) in [6, 6.07) is 3.90. The molecule has 3 heterocycles. The third-order valence-electron chi connectivity index (χ3n) is 4.08. The molecule has 2 aliphatic rings. The van der Waals surface area contributed by atoms with Crippen molar-refractivity contribution in [3.8, 4) is 0 Å². The van der Waals surface area contributed by atoms with E-state index in [-0.39, 0.29) is 18.0 Å². The maximum absolute atomic E-state index is 12.4. The van der Waals surface area contributed by atoms with Crippen molar-refractivity contribution < 1.29 is 14.3 Å². The Balaban J connectivity index is 1.51. The largest absolute Gasteiger partial charge is 0.447 e. The van der Waals surface area contributed by atoms with Crippen molar-refractivity contribution >= 4 is 12.0 Å². The van der Waals surface area contributed by atoms with Crippen LogP contribution in [0.5, 0.6) is 0 Å². The predicted octanol–water partition coefficient (Wildman–Crippen LogP) is 0.176. The third-order valence-corrected chi connectivity index (χ3v) is 4.08. The summed E-state index contributed by atoms with van der Waals surface area (Å²) in [5, 5.41) is 0. The monoisotopic (exact) mass is 304 g/mol. The fourth-order valence-corrected chi connectivity index (χ4v) is 2.90. The quantitative estimate of drug-likeness (QED) is 0.794. The van der Waals surface area contributed by atoms with Crippen LogP contribution < -0.4 is 0 Å². The Bertz CT molecular complexity index is 551. The Morgan fingerprint density at radius 2 is 2.18 bits per heavy atom. The zero-order valence-electron chi connectivity index (χ0n) is 12.6. The Morgan fingerprint density at radius 3 is 2.95 bits per heavy atom. The molecule has 2 amide bonds. The van der Waals surface area contributed by atoms with E-state index >= 15 is 0 Å². The molecule has 0 N–H and O–H groups in total. The Morgan fingerprint density at radius 1 is 1.41 bits per heavy atom. The van der Waals surface area contributed by atoms with E-state index in [4.69, 9.17) is 4.74 Å². The van der Waals surface area contributed by atoms with Gasteiger partial charge < -0.3 is 9.64 Å². The number of amides is 2. The summed E-state index contributed by atoms with van der Waals surface area (Å²) in [6.45, 7) is 3.16. The lowest BCUT2D eigenvalue weighted by atomic mass is 10.2. The highest BCUT2D eigenvalue weighted by molar-refractivity contribution is 5.79. The number of likely N-dealkylation sites (N-methyl/N-ethyl adjacent to an activating group) is 1. The number of hydrogen-bond donors (Lipinski definition) is 0. The molecule has 1 aromatic heterocycles. The summed E-state index contributed by atoms with van der Waals surface area (Å²) in [4.78, 5) is 33.4. The number of cyclic esters (lactones) is 1. The second-order valence-corrected chi connectivity index (χ2v) is 5.79. The summed E-state index contributed by atoms with van der Waals surface area (Å²) in [6.07, 6.45) is 3.25. The van der Waals surface area contributed by atoms with Crippen LogP contribution in [-0.4, -0.2) is 77.6 Å². The normalized spacial score (nSPS) is 21.0. The van der Waals surface area contributed by atoms with E-state index in [0.717, 1.165) is 5.56 Å². The standard InChI is InChI=1S/C15H20N4O3/c1-17(8-12-2-4-16-5-3-12)10-14(20)18-6-7-19-13(9-18)11-22-15(19)21/h2-5,13H,6-11H2,1H3/t13-/m1/s1. The molecule has 7 nitrogen and oxygen atoms in total. The molecule has 0 spiro atoms. The van der Waals surface area contributed by atoms with Crippen LogP contribution in [0.15, 0.2) is 24.5 Å². The van der Waals surface area contributed by atoms with Crippen molar-refractivity contribution in [2.75, 3.05) is 39.8 Å². The highest BCUT2D eigenvalue weighted by Gasteiger charge is 2.38. The van der Waals surface area contributed by atoms with Gasteiger partial charge in [-0.25, -0.2) is 4.79 Å². The lowest BCUT2D eigenvalue weighted by Crippen LogP contribution is -2.55. The maximum Gasteiger partial charge on any atom is 0.410 e. The van der Waals surface area contributed by atoms with Gasteiger partial charge in [0.25, 0.3) is 0 Å². The first-order valence-electron chi connectivity index (χ1n) is 7.42. The first-order valence-corrected chi connectivity index (χ1v) is 7.42. The second-order valence-electron chi connectivity index (χ2n) is 5.79. The molecule has 0 aromatic carbocycles. The third kappa shape index (κ3) is 3.19. The van der Waals surface area contributed by atoms with Crippen LogP contribution in [0.4, 0.5) is 4.79 Å². The zero-order valence-corrected chi connectivity index (χ0v) is 12.6. The van der Waals surface area contributed by atoms with Crippen LogP contribution in [-0.2, 0) is 16.1 Å². The number of carbonyl (C=O) groups is 2. The average Bonchev–Trinajstić information content (AvgIpc) is 2.89. The minimum absolute atomic E-state index is 0.00991. The van der Waals surface area contributed by atoms with Crippen molar-refractivity contribution in [2.24, 2.45) is 0 Å². The number of rotatable bonds is 4. The molecule has 2 fully saturated rings. The molecule has 118 valence electrons. The van der Waals surface area contributed by atoms with Crippen LogP contribution in [0.2, 0.25) is 0 Å². The molecule has 22 heavy (non-hydrogen) atoms. The number of nitrogens with zero attached hydrogens (tertiary/aromatic N) is 4. The van der Waals surface area contributed by atoms with E-state index in [1.165, 1.54) is 0 Å². The lowest BCUT2D eigenvalue weighted by molar-refractivity contribution is -0.134. The van der Waals surface area contributed by atoms with E-state index in [9.17, 15) is 9.59 Å². The van der Waals surface area contributed by atoms with E-state index in [2.05, 4.69) is 4.98 Å². The molecule has 0 bridgehead atoms. The minimum atomic E-state index is -0.257. The molecular weight excluding hydrogens is 284 g/mol. The molecule has 0 radical (unpaired) electrons. The van der Waals surface area contributed by atoms with Gasteiger partial charge in [-0.1, -0.05) is 0 Å². The minimum Gasteiger partial charge on any atom is -0.447 e. The van der Waals surface area contributed by atoms with Crippen LogP contribution in [0, 0.1) is 0 Å². The Kier molecular flexibility index (Phi) is 4.24. The first kappa shape index (κ1) is 14.8. The van der Waals surface area contributed by atoms with Crippen LogP contribution in [0.1, 0.15) is 5.56 Å². The number of hydrogen-bond acceptors (Lipinski definition) is 5. The van der Waals surface area contributed by atoms with Gasteiger partial charge in [0.05, 0.1) is 12.6 Å². The smallest absolute Gasteiger partial charge is 0.410 e. The van der Waals surface area contributed by atoms with Gasteiger partial charge in [-0.15, -0.1) is 0 Å². The van der Waals surface area contributed by atoms with Crippen molar-refractivity contribution in [1.82, 2.24) is 19.7 Å². The Labute approximate surface area is 129 Å². The van der Waals surface area contributed by atoms with E-state index in [0.29, 0.717) is 39.3 Å². The van der Waals surface area contributed by atoms with Crippen LogP contribution in [0.25, 0.3) is 0 Å². The zero-order chi connectivity index (χ0) is 15.5. The highest BCUT2D eigenvalue weighted by atomic mass is 16.6. The summed E-state index contributed by atoms with van der Waals surface area (Å²) in [5.74, 6) is 0.0931. The van der Waals surface area contributed by atoms with E-state index in [1.807, 2.05) is 29.0 Å². The van der Waals surface area contributed by atoms with Crippen molar-refractivity contribution in [1.29, 1.82) is 0 Å². The van der Waals surface area contributed by atoms with Gasteiger partial charge in [-0.05, 0) is 24.7 Å². The summed E-state index contributed by atoms with van der Waals surface area (Å²) < 4.78 is 5.02. The topological polar surface area (TPSA) is 66.0 Å². The molecule has 3 rings (SSSR count). The molecular formula is C15H20N4O3. The van der Waals surface area contributed by atoms with Gasteiger partial charge in [0.1, 0.15) is 6.61 Å².